The summed E-state index contributed by atoms with van der Waals surface area (Å²) in [4.78, 5) is 0. The van der Waals surface area contributed by atoms with Crippen LogP contribution in [0.1, 0.15) is 12.5 Å². The number of para-hydroxylation sites is 1. The van der Waals surface area contributed by atoms with Gasteiger partial charge in [-0.1, -0.05) is 53.0 Å². The van der Waals surface area contributed by atoms with Crippen molar-refractivity contribution in [2.45, 2.75) is 19.4 Å². The molecule has 0 aliphatic heterocycles. The van der Waals surface area contributed by atoms with E-state index in [2.05, 4.69) is 12.2 Å². The van der Waals surface area contributed by atoms with Gasteiger partial charge in [-0.2, -0.15) is 0 Å². The first-order valence-corrected chi connectivity index (χ1v) is 7.67. The van der Waals surface area contributed by atoms with Crippen LogP contribution in [0.15, 0.2) is 36.4 Å². The highest BCUT2D eigenvalue weighted by Crippen LogP contribution is 2.33. The van der Waals surface area contributed by atoms with Crippen molar-refractivity contribution in [2.75, 3.05) is 12.4 Å². The molecule has 0 bridgehead atoms. The second-order valence-corrected chi connectivity index (χ2v) is 6.03. The SMILES string of the molecule is COc1ccccc1CC(C)Nc1cc(Cl)c(Cl)cc1Cl. The van der Waals surface area contributed by atoms with E-state index in [1.807, 2.05) is 24.3 Å². The van der Waals surface area contributed by atoms with Crippen LogP contribution >= 0.6 is 34.8 Å². The molecule has 2 aromatic rings. The first kappa shape index (κ1) is 16.3. The highest BCUT2D eigenvalue weighted by atomic mass is 35.5. The Morgan fingerprint density at radius 2 is 1.71 bits per heavy atom. The van der Waals surface area contributed by atoms with E-state index in [0.717, 1.165) is 23.4 Å². The minimum absolute atomic E-state index is 0.163. The normalized spacial score (nSPS) is 12.0. The third-order valence-corrected chi connectivity index (χ3v) is 4.17. The minimum atomic E-state index is 0.163. The number of hydrogen-bond donors (Lipinski definition) is 1. The molecule has 1 N–H and O–H groups in total. The van der Waals surface area contributed by atoms with Crippen molar-refractivity contribution in [1.82, 2.24) is 0 Å². The van der Waals surface area contributed by atoms with Gasteiger partial charge in [0.25, 0.3) is 0 Å². The third-order valence-electron chi connectivity index (χ3n) is 3.13. The van der Waals surface area contributed by atoms with Gasteiger partial charge in [-0.15, -0.1) is 0 Å². The molecule has 1 atom stereocenters. The lowest BCUT2D eigenvalue weighted by Crippen LogP contribution is -2.18. The molecule has 0 aliphatic rings. The molecule has 0 fully saturated rings. The Balaban J connectivity index is 2.12. The predicted octanol–water partition coefficient (Wildman–Crippen LogP) is 5.70. The highest BCUT2D eigenvalue weighted by molar-refractivity contribution is 6.44. The van der Waals surface area contributed by atoms with Gasteiger partial charge in [0, 0.05) is 6.04 Å². The minimum Gasteiger partial charge on any atom is -0.496 e. The first-order chi connectivity index (χ1) is 10.0. The molecule has 2 nitrogen and oxygen atoms in total. The lowest BCUT2D eigenvalue weighted by Gasteiger charge is -2.18. The Morgan fingerprint density at radius 1 is 1.05 bits per heavy atom. The summed E-state index contributed by atoms with van der Waals surface area (Å²) in [7, 11) is 1.67. The van der Waals surface area contributed by atoms with Crippen molar-refractivity contribution >= 4 is 40.5 Å². The van der Waals surface area contributed by atoms with Gasteiger partial charge in [-0.25, -0.2) is 0 Å². The Morgan fingerprint density at radius 3 is 2.43 bits per heavy atom. The molecular weight excluding hydrogens is 329 g/mol. The summed E-state index contributed by atoms with van der Waals surface area (Å²) in [5.74, 6) is 0.881. The van der Waals surface area contributed by atoms with Crippen LogP contribution in [0.25, 0.3) is 0 Å². The van der Waals surface area contributed by atoms with Gasteiger partial charge in [-0.3, -0.25) is 0 Å². The van der Waals surface area contributed by atoms with Gasteiger partial charge in [0.2, 0.25) is 0 Å². The number of hydrogen-bond acceptors (Lipinski definition) is 2. The average molecular weight is 345 g/mol. The zero-order valence-electron chi connectivity index (χ0n) is 11.8. The van der Waals surface area contributed by atoms with Gasteiger partial charge < -0.3 is 10.1 Å². The van der Waals surface area contributed by atoms with Crippen LogP contribution in [0.3, 0.4) is 0 Å². The van der Waals surface area contributed by atoms with Crippen LogP contribution < -0.4 is 10.1 Å². The fraction of sp³-hybridized carbons (Fsp3) is 0.250. The smallest absolute Gasteiger partial charge is 0.122 e. The van der Waals surface area contributed by atoms with E-state index in [-0.39, 0.29) is 6.04 Å². The monoisotopic (exact) mass is 343 g/mol. The molecule has 0 aliphatic carbocycles. The standard InChI is InChI=1S/C16H16Cl3NO/c1-10(7-11-5-3-4-6-16(11)21-2)20-15-9-13(18)12(17)8-14(15)19/h3-6,8-10,20H,7H2,1-2H3. The lowest BCUT2D eigenvalue weighted by atomic mass is 10.1. The molecule has 2 rings (SSSR count). The maximum absolute atomic E-state index is 6.18. The van der Waals surface area contributed by atoms with E-state index in [0.29, 0.717) is 15.1 Å². The zero-order valence-corrected chi connectivity index (χ0v) is 14.1. The van der Waals surface area contributed by atoms with Crippen molar-refractivity contribution < 1.29 is 4.74 Å². The molecule has 0 aromatic heterocycles. The van der Waals surface area contributed by atoms with E-state index in [9.17, 15) is 0 Å². The predicted molar refractivity (Wildman–Crippen MR) is 91.3 cm³/mol. The van der Waals surface area contributed by atoms with Crippen molar-refractivity contribution in [3.8, 4) is 5.75 Å². The maximum atomic E-state index is 6.18. The lowest BCUT2D eigenvalue weighted by molar-refractivity contribution is 0.409. The summed E-state index contributed by atoms with van der Waals surface area (Å²) in [5.41, 5.74) is 1.91. The van der Waals surface area contributed by atoms with Crippen LogP contribution in [0.4, 0.5) is 5.69 Å². The second-order valence-electron chi connectivity index (χ2n) is 4.81. The summed E-state index contributed by atoms with van der Waals surface area (Å²) in [6.07, 6.45) is 0.806. The Kier molecular flexibility index (Phi) is 5.63. The number of methoxy groups -OCH3 is 1. The summed E-state index contributed by atoms with van der Waals surface area (Å²) in [6, 6.07) is 11.5. The molecule has 1 unspecified atom stereocenters. The van der Waals surface area contributed by atoms with Crippen LogP contribution in [0, 0.1) is 0 Å². The first-order valence-electron chi connectivity index (χ1n) is 6.54. The fourth-order valence-electron chi connectivity index (χ4n) is 2.15. The average Bonchev–Trinajstić information content (AvgIpc) is 2.45. The van der Waals surface area contributed by atoms with Crippen LogP contribution in [0.2, 0.25) is 15.1 Å². The summed E-state index contributed by atoms with van der Waals surface area (Å²) in [5, 5.41) is 4.83. The van der Waals surface area contributed by atoms with Crippen LogP contribution in [-0.4, -0.2) is 13.2 Å². The van der Waals surface area contributed by atoms with Gasteiger partial charge >= 0.3 is 0 Å². The molecule has 0 saturated heterocycles. The number of rotatable bonds is 5. The summed E-state index contributed by atoms with van der Waals surface area (Å²) in [6.45, 7) is 2.07. The summed E-state index contributed by atoms with van der Waals surface area (Å²) < 4.78 is 5.36. The van der Waals surface area contributed by atoms with Gasteiger partial charge in [0.05, 0.1) is 27.9 Å². The van der Waals surface area contributed by atoms with E-state index in [1.165, 1.54) is 0 Å². The molecule has 0 heterocycles. The van der Waals surface area contributed by atoms with Crippen molar-refractivity contribution in [2.24, 2.45) is 0 Å². The van der Waals surface area contributed by atoms with Crippen molar-refractivity contribution in [1.29, 1.82) is 0 Å². The molecule has 21 heavy (non-hydrogen) atoms. The van der Waals surface area contributed by atoms with E-state index >= 15 is 0 Å². The summed E-state index contributed by atoms with van der Waals surface area (Å²) >= 11 is 18.1. The Hall–Kier alpha value is -1.09. The third kappa shape index (κ3) is 4.19. The molecular formula is C16H16Cl3NO. The van der Waals surface area contributed by atoms with Gasteiger partial charge in [-0.05, 0) is 37.1 Å². The topological polar surface area (TPSA) is 21.3 Å². The van der Waals surface area contributed by atoms with Crippen molar-refractivity contribution in [3.63, 3.8) is 0 Å². The van der Waals surface area contributed by atoms with E-state index in [4.69, 9.17) is 39.5 Å². The fourth-order valence-corrected chi connectivity index (χ4v) is 2.75. The quantitative estimate of drug-likeness (QED) is 0.703. The molecule has 2 aromatic carbocycles. The molecule has 0 amide bonds. The van der Waals surface area contributed by atoms with Gasteiger partial charge in [0.15, 0.2) is 0 Å². The Labute approximate surface area is 140 Å². The number of benzene rings is 2. The maximum Gasteiger partial charge on any atom is 0.122 e. The molecule has 0 saturated carbocycles. The molecule has 0 radical (unpaired) electrons. The molecule has 0 spiro atoms. The number of nitrogens with one attached hydrogen (secondary N) is 1. The van der Waals surface area contributed by atoms with Crippen molar-refractivity contribution in [3.05, 3.63) is 57.0 Å². The molecule has 5 heteroatoms. The highest BCUT2D eigenvalue weighted by Gasteiger charge is 2.11. The molecule has 112 valence electrons. The Bertz CT molecular complexity index is 631. The number of halogens is 3. The number of anilines is 1. The van der Waals surface area contributed by atoms with Crippen LogP contribution in [-0.2, 0) is 6.42 Å². The zero-order chi connectivity index (χ0) is 15.4. The number of ether oxygens (including phenoxy) is 1. The van der Waals surface area contributed by atoms with Gasteiger partial charge in [0.1, 0.15) is 5.75 Å². The second kappa shape index (κ2) is 7.26. The van der Waals surface area contributed by atoms with E-state index < -0.39 is 0 Å². The van der Waals surface area contributed by atoms with Crippen LogP contribution in [0.5, 0.6) is 5.75 Å². The van der Waals surface area contributed by atoms with E-state index in [1.54, 1.807) is 19.2 Å². The largest absolute Gasteiger partial charge is 0.496 e.